The third-order valence-corrected chi connectivity index (χ3v) is 4.20. The monoisotopic (exact) mass is 344 g/mol. The molecule has 1 aromatic heterocycles. The number of rotatable bonds is 4. The number of halogens is 1. The van der Waals surface area contributed by atoms with Crippen molar-refractivity contribution >= 4 is 30.0 Å². The minimum atomic E-state index is -0.497. The van der Waals surface area contributed by atoms with E-state index >= 15 is 0 Å². The van der Waals surface area contributed by atoms with Crippen molar-refractivity contribution in [1.29, 1.82) is 0 Å². The lowest BCUT2D eigenvalue weighted by Crippen LogP contribution is -2.53. The molecule has 23 heavy (non-hydrogen) atoms. The molecule has 1 aliphatic carbocycles. The van der Waals surface area contributed by atoms with Gasteiger partial charge >= 0.3 is 0 Å². The molecule has 1 aliphatic rings. The van der Waals surface area contributed by atoms with Gasteiger partial charge in [0.05, 0.1) is 12.5 Å². The van der Waals surface area contributed by atoms with Gasteiger partial charge in [0.25, 0.3) is 0 Å². The van der Waals surface area contributed by atoms with Crippen LogP contribution in [0.1, 0.15) is 38.4 Å². The summed E-state index contributed by atoms with van der Waals surface area (Å²) in [7, 11) is 1.63. The molecule has 0 bridgehead atoms. The fraction of sp³-hybridized carbons (Fsp3) is 0.667. The number of hydrogen-bond donors (Lipinski definition) is 2. The van der Waals surface area contributed by atoms with Crippen LogP contribution in [0.5, 0.6) is 0 Å². The third kappa shape index (κ3) is 4.94. The Hall–Kier alpha value is -1.60. The van der Waals surface area contributed by atoms with E-state index in [0.717, 1.165) is 25.7 Å². The molecule has 0 radical (unpaired) electrons. The highest BCUT2D eigenvalue weighted by Gasteiger charge is 2.39. The highest BCUT2D eigenvalue weighted by Crippen LogP contribution is 2.32. The molecule has 3 N–H and O–H groups in total. The summed E-state index contributed by atoms with van der Waals surface area (Å²) in [5.41, 5.74) is 5.75. The molecule has 130 valence electrons. The normalized spacial score (nSPS) is 23.7. The number of amides is 2. The van der Waals surface area contributed by atoms with E-state index < -0.39 is 5.54 Å². The van der Waals surface area contributed by atoms with Crippen molar-refractivity contribution in [2.45, 2.75) is 45.1 Å². The van der Waals surface area contributed by atoms with Crippen molar-refractivity contribution in [2.24, 2.45) is 11.7 Å². The fourth-order valence-electron chi connectivity index (χ4n) is 2.93. The summed E-state index contributed by atoms with van der Waals surface area (Å²) in [5, 5.41) is 6.29. The van der Waals surface area contributed by atoms with Crippen LogP contribution in [0.4, 0.5) is 5.82 Å². The number of nitrogens with two attached hydrogens (primary N) is 1. The standard InChI is InChI=1S/C15H24N4O3.ClH/c1-10-8-12(18-22-10)17-13(20)9-19(3)14(21)11-6-4-5-7-15(11,2)16;/h8,11H,4-7,9,16H2,1-3H3,(H,17,18,20);1H. The van der Waals surface area contributed by atoms with Crippen molar-refractivity contribution in [1.82, 2.24) is 10.1 Å². The van der Waals surface area contributed by atoms with Crippen LogP contribution < -0.4 is 11.1 Å². The van der Waals surface area contributed by atoms with Gasteiger partial charge in [-0.1, -0.05) is 18.0 Å². The summed E-state index contributed by atoms with van der Waals surface area (Å²) in [5.74, 6) is 0.355. The van der Waals surface area contributed by atoms with E-state index in [1.165, 1.54) is 4.90 Å². The van der Waals surface area contributed by atoms with Crippen molar-refractivity contribution in [3.05, 3.63) is 11.8 Å². The van der Waals surface area contributed by atoms with E-state index in [-0.39, 0.29) is 36.7 Å². The lowest BCUT2D eigenvalue weighted by molar-refractivity contribution is -0.139. The molecule has 1 heterocycles. The van der Waals surface area contributed by atoms with E-state index in [1.807, 2.05) is 6.92 Å². The zero-order valence-corrected chi connectivity index (χ0v) is 14.6. The Labute approximate surface area is 142 Å². The molecule has 2 amide bonds. The topological polar surface area (TPSA) is 101 Å². The van der Waals surface area contributed by atoms with Crippen molar-refractivity contribution < 1.29 is 14.1 Å². The average molecular weight is 345 g/mol. The Balaban J connectivity index is 0.00000264. The second-order valence-electron chi connectivity index (χ2n) is 6.37. The van der Waals surface area contributed by atoms with Crippen molar-refractivity contribution in [3.63, 3.8) is 0 Å². The first kappa shape index (κ1) is 19.4. The van der Waals surface area contributed by atoms with Crippen LogP contribution in [0.15, 0.2) is 10.6 Å². The van der Waals surface area contributed by atoms with Gasteiger partial charge in [-0.05, 0) is 26.7 Å². The van der Waals surface area contributed by atoms with Gasteiger partial charge in [-0.3, -0.25) is 9.59 Å². The van der Waals surface area contributed by atoms with Crippen LogP contribution in [0, 0.1) is 12.8 Å². The number of carbonyl (C=O) groups is 2. The van der Waals surface area contributed by atoms with Gasteiger partial charge in [-0.15, -0.1) is 12.4 Å². The predicted molar refractivity (Wildman–Crippen MR) is 89.3 cm³/mol. The molecule has 0 aliphatic heterocycles. The summed E-state index contributed by atoms with van der Waals surface area (Å²) in [6.45, 7) is 3.63. The van der Waals surface area contributed by atoms with Crippen LogP contribution in [-0.4, -0.2) is 41.0 Å². The molecule has 2 atom stereocenters. The number of aryl methyl sites for hydroxylation is 1. The fourth-order valence-corrected chi connectivity index (χ4v) is 2.93. The number of hydrogen-bond acceptors (Lipinski definition) is 5. The van der Waals surface area contributed by atoms with Gasteiger partial charge in [0.15, 0.2) is 5.82 Å². The first-order valence-corrected chi connectivity index (χ1v) is 7.56. The van der Waals surface area contributed by atoms with Crippen molar-refractivity contribution in [2.75, 3.05) is 18.9 Å². The molecule has 8 heteroatoms. The Kier molecular flexibility index (Phi) is 6.58. The van der Waals surface area contributed by atoms with Gasteiger partial charge < -0.3 is 20.5 Å². The van der Waals surface area contributed by atoms with Crippen LogP contribution in [0.25, 0.3) is 0 Å². The molecule has 0 saturated heterocycles. The highest BCUT2D eigenvalue weighted by atomic mass is 35.5. The van der Waals surface area contributed by atoms with E-state index in [2.05, 4.69) is 10.5 Å². The second-order valence-corrected chi connectivity index (χ2v) is 6.37. The maximum Gasteiger partial charge on any atom is 0.245 e. The van der Waals surface area contributed by atoms with Crippen LogP contribution in [0.3, 0.4) is 0 Å². The largest absolute Gasteiger partial charge is 0.360 e. The lowest BCUT2D eigenvalue weighted by Gasteiger charge is -2.39. The Morgan fingerprint density at radius 1 is 1.52 bits per heavy atom. The molecular formula is C15H25ClN4O3. The van der Waals surface area contributed by atoms with Crippen LogP contribution in [-0.2, 0) is 9.59 Å². The van der Waals surface area contributed by atoms with E-state index in [4.69, 9.17) is 10.3 Å². The van der Waals surface area contributed by atoms with Crippen molar-refractivity contribution in [3.8, 4) is 0 Å². The smallest absolute Gasteiger partial charge is 0.245 e. The van der Waals surface area contributed by atoms with E-state index in [1.54, 1.807) is 20.0 Å². The zero-order chi connectivity index (χ0) is 16.3. The first-order valence-electron chi connectivity index (χ1n) is 7.56. The van der Waals surface area contributed by atoms with Gasteiger partial charge in [-0.25, -0.2) is 0 Å². The van der Waals surface area contributed by atoms with E-state index in [0.29, 0.717) is 11.6 Å². The number of carbonyl (C=O) groups excluding carboxylic acids is 2. The number of likely N-dealkylation sites (N-methyl/N-ethyl adjacent to an activating group) is 1. The van der Waals surface area contributed by atoms with Gasteiger partial charge in [0.2, 0.25) is 11.8 Å². The third-order valence-electron chi connectivity index (χ3n) is 4.20. The Morgan fingerprint density at radius 3 is 2.78 bits per heavy atom. The maximum absolute atomic E-state index is 12.5. The Morgan fingerprint density at radius 2 is 2.22 bits per heavy atom. The number of anilines is 1. The predicted octanol–water partition coefficient (Wildman–Crippen LogP) is 1.71. The summed E-state index contributed by atoms with van der Waals surface area (Å²) in [6.07, 6.45) is 3.66. The van der Waals surface area contributed by atoms with Crippen LogP contribution in [0.2, 0.25) is 0 Å². The molecule has 0 aromatic carbocycles. The molecule has 2 unspecified atom stereocenters. The van der Waals surface area contributed by atoms with Crippen LogP contribution >= 0.6 is 12.4 Å². The molecule has 1 aromatic rings. The minimum absolute atomic E-state index is 0. The first-order chi connectivity index (χ1) is 10.3. The molecule has 1 fully saturated rings. The zero-order valence-electron chi connectivity index (χ0n) is 13.8. The molecule has 2 rings (SSSR count). The maximum atomic E-state index is 12.5. The number of nitrogens with zero attached hydrogens (tertiary/aromatic N) is 2. The summed E-state index contributed by atoms with van der Waals surface area (Å²) in [4.78, 5) is 25.9. The summed E-state index contributed by atoms with van der Waals surface area (Å²) in [6, 6.07) is 1.62. The lowest BCUT2D eigenvalue weighted by atomic mass is 9.74. The average Bonchev–Trinajstić information content (AvgIpc) is 2.82. The molecule has 0 spiro atoms. The van der Waals surface area contributed by atoms with E-state index in [9.17, 15) is 9.59 Å². The quantitative estimate of drug-likeness (QED) is 0.865. The second kappa shape index (κ2) is 7.79. The molecule has 7 nitrogen and oxygen atoms in total. The van der Waals surface area contributed by atoms with Gasteiger partial charge in [-0.2, -0.15) is 0 Å². The molecular weight excluding hydrogens is 320 g/mol. The summed E-state index contributed by atoms with van der Waals surface area (Å²) >= 11 is 0. The van der Waals surface area contributed by atoms with Gasteiger partial charge in [0, 0.05) is 18.7 Å². The highest BCUT2D eigenvalue weighted by molar-refractivity contribution is 5.94. The minimum Gasteiger partial charge on any atom is -0.360 e. The Bertz CT molecular complexity index is 559. The SMILES string of the molecule is Cc1cc(NC(=O)CN(C)C(=O)C2CCCCC2(C)N)no1.Cl. The van der Waals surface area contributed by atoms with Gasteiger partial charge in [0.1, 0.15) is 5.76 Å². The molecule has 1 saturated carbocycles. The number of aromatic nitrogens is 1. The number of nitrogens with one attached hydrogen (secondary N) is 1. The summed E-state index contributed by atoms with van der Waals surface area (Å²) < 4.78 is 4.88.